The maximum Gasteiger partial charge on any atom is 0.196 e. The van der Waals surface area contributed by atoms with Crippen molar-refractivity contribution < 1.29 is 4.79 Å². The summed E-state index contributed by atoms with van der Waals surface area (Å²) < 4.78 is -1.10. The molecule has 0 radical (unpaired) electrons. The average molecular weight is 369 g/mol. The molecule has 0 fully saturated rings. The van der Waals surface area contributed by atoms with Crippen molar-refractivity contribution in [1.29, 1.82) is 0 Å². The van der Waals surface area contributed by atoms with Gasteiger partial charge in [0.15, 0.2) is 15.4 Å². The lowest BCUT2D eigenvalue weighted by Crippen LogP contribution is -2.37. The number of aromatic nitrogens is 3. The van der Waals surface area contributed by atoms with E-state index in [1.54, 1.807) is 18.5 Å². The number of nitrogens with zero attached hydrogens (tertiary/aromatic N) is 3. The van der Waals surface area contributed by atoms with E-state index < -0.39 is 4.45 Å². The third kappa shape index (κ3) is 3.47. The van der Waals surface area contributed by atoms with Crippen molar-refractivity contribution in [3.8, 4) is 0 Å². The number of hydrogen-bond acceptors (Lipinski definition) is 6. The molecule has 2 aromatic heterocycles. The normalized spacial score (nSPS) is 14.5. The highest BCUT2D eigenvalue weighted by atomic mass is 79.9. The van der Waals surface area contributed by atoms with Gasteiger partial charge in [-0.05, 0) is 28.9 Å². The number of anilines is 1. The van der Waals surface area contributed by atoms with Crippen LogP contribution in [0.25, 0.3) is 0 Å². The van der Waals surface area contributed by atoms with Crippen LogP contribution in [-0.2, 0) is 14.7 Å². The maximum atomic E-state index is 12.2. The number of thiazole rings is 1. The quantitative estimate of drug-likeness (QED) is 0.660. The summed E-state index contributed by atoms with van der Waals surface area (Å²) in [4.78, 5) is 25.2. The summed E-state index contributed by atoms with van der Waals surface area (Å²) in [5.41, 5.74) is 0.382. The topological polar surface area (TPSA) is 67.8 Å². The Hall–Kier alpha value is -1.34. The minimum atomic E-state index is -1.10. The largest absolute Gasteiger partial charge is 0.335 e. The van der Waals surface area contributed by atoms with E-state index >= 15 is 0 Å². The second-order valence-electron chi connectivity index (χ2n) is 5.69. The van der Waals surface area contributed by atoms with Crippen LogP contribution < -0.4 is 5.32 Å². The van der Waals surface area contributed by atoms with E-state index in [9.17, 15) is 4.79 Å². The molecule has 21 heavy (non-hydrogen) atoms. The fourth-order valence-corrected chi connectivity index (χ4v) is 2.80. The Morgan fingerprint density at radius 1 is 1.29 bits per heavy atom. The van der Waals surface area contributed by atoms with E-state index in [4.69, 9.17) is 0 Å². The molecule has 0 aliphatic carbocycles. The van der Waals surface area contributed by atoms with Crippen LogP contribution in [-0.4, -0.2) is 20.7 Å². The zero-order chi connectivity index (χ0) is 15.7. The minimum Gasteiger partial charge on any atom is -0.335 e. The molecule has 112 valence electrons. The fraction of sp³-hybridized carbons (Fsp3) is 0.429. The first-order valence-electron chi connectivity index (χ1n) is 6.45. The predicted octanol–water partition coefficient (Wildman–Crippen LogP) is 3.48. The summed E-state index contributed by atoms with van der Waals surface area (Å²) in [5.74, 6) is 0.585. The van der Waals surface area contributed by atoms with E-state index in [0.717, 1.165) is 0 Å². The molecule has 5 nitrogen and oxygen atoms in total. The molecule has 1 N–H and O–H groups in total. The van der Waals surface area contributed by atoms with Crippen molar-refractivity contribution >= 4 is 38.2 Å². The molecule has 0 spiro atoms. The van der Waals surface area contributed by atoms with E-state index in [-0.39, 0.29) is 11.2 Å². The van der Waals surface area contributed by atoms with Crippen LogP contribution in [0.2, 0.25) is 0 Å². The van der Waals surface area contributed by atoms with Gasteiger partial charge in [0.1, 0.15) is 5.82 Å². The molecule has 1 unspecified atom stereocenters. The number of ketones is 1. The second kappa shape index (κ2) is 5.81. The first-order chi connectivity index (χ1) is 9.73. The number of alkyl halides is 1. The van der Waals surface area contributed by atoms with Crippen molar-refractivity contribution in [3.63, 3.8) is 0 Å². The van der Waals surface area contributed by atoms with E-state index in [2.05, 4.69) is 36.2 Å². The van der Waals surface area contributed by atoms with Crippen molar-refractivity contribution in [3.05, 3.63) is 35.4 Å². The van der Waals surface area contributed by atoms with Gasteiger partial charge in [-0.3, -0.25) is 4.79 Å². The Morgan fingerprint density at radius 2 is 2.00 bits per heavy atom. The van der Waals surface area contributed by atoms with Gasteiger partial charge in [-0.2, -0.15) is 0 Å². The Balaban J connectivity index is 2.45. The number of hydrogen-bond donors (Lipinski definition) is 1. The highest BCUT2D eigenvalue weighted by Gasteiger charge is 2.37. The summed E-state index contributed by atoms with van der Waals surface area (Å²) >= 11 is 4.92. The van der Waals surface area contributed by atoms with Crippen LogP contribution >= 0.6 is 27.3 Å². The molecule has 0 bridgehead atoms. The van der Waals surface area contributed by atoms with Crippen LogP contribution in [0.4, 0.5) is 5.13 Å². The number of rotatable bonds is 4. The maximum absolute atomic E-state index is 12.2. The predicted molar refractivity (Wildman–Crippen MR) is 87.8 cm³/mol. The standard InChI is InChI=1S/C14H17BrN4OS/c1-9(20)14(15,19-12-17-7-8-21-12)10-5-6-16-11(18-10)13(2,3)4/h5-8H,1-4H3,(H,17,19). The monoisotopic (exact) mass is 368 g/mol. The van der Waals surface area contributed by atoms with Crippen LogP contribution in [0, 0.1) is 0 Å². The molecule has 0 aromatic carbocycles. The number of carbonyl (C=O) groups is 1. The lowest BCUT2D eigenvalue weighted by atomic mass is 9.95. The molecule has 1 atom stereocenters. The Bertz CT molecular complexity index is 639. The molecule has 7 heteroatoms. The van der Waals surface area contributed by atoms with Gasteiger partial charge >= 0.3 is 0 Å². The summed E-state index contributed by atoms with van der Waals surface area (Å²) in [6.07, 6.45) is 3.35. The third-order valence-corrected chi connectivity index (χ3v) is 4.73. The summed E-state index contributed by atoms with van der Waals surface area (Å²) in [7, 11) is 0. The van der Waals surface area contributed by atoms with Crippen LogP contribution in [0.15, 0.2) is 23.8 Å². The van der Waals surface area contributed by atoms with Crippen molar-refractivity contribution in [2.45, 2.75) is 37.6 Å². The van der Waals surface area contributed by atoms with Gasteiger partial charge < -0.3 is 5.32 Å². The number of carbonyl (C=O) groups excluding carboxylic acids is 1. The zero-order valence-electron chi connectivity index (χ0n) is 12.3. The fourth-order valence-electron chi connectivity index (χ4n) is 1.68. The summed E-state index contributed by atoms with van der Waals surface area (Å²) in [6, 6.07) is 1.73. The van der Waals surface area contributed by atoms with E-state index in [1.165, 1.54) is 18.3 Å². The summed E-state index contributed by atoms with van der Waals surface area (Å²) in [6.45, 7) is 7.60. The van der Waals surface area contributed by atoms with Crippen LogP contribution in [0.1, 0.15) is 39.2 Å². The van der Waals surface area contributed by atoms with Gasteiger partial charge in [-0.25, -0.2) is 15.0 Å². The lowest BCUT2D eigenvalue weighted by Gasteiger charge is -2.26. The van der Waals surface area contributed by atoms with Gasteiger partial charge in [0, 0.05) is 23.2 Å². The van der Waals surface area contributed by atoms with Crippen LogP contribution in [0.3, 0.4) is 0 Å². The second-order valence-corrected chi connectivity index (χ2v) is 7.78. The Kier molecular flexibility index (Phi) is 4.43. The lowest BCUT2D eigenvalue weighted by molar-refractivity contribution is -0.118. The van der Waals surface area contributed by atoms with Gasteiger partial charge in [0.25, 0.3) is 0 Å². The number of nitrogens with one attached hydrogen (secondary N) is 1. The molecular formula is C14H17BrN4OS. The first-order valence-corrected chi connectivity index (χ1v) is 8.12. The van der Waals surface area contributed by atoms with E-state index in [0.29, 0.717) is 16.6 Å². The SMILES string of the molecule is CC(=O)C(Br)(Nc1nccs1)c1ccnc(C(C)(C)C)n1. The third-order valence-electron chi connectivity index (χ3n) is 2.88. The molecule has 0 amide bonds. The van der Waals surface area contributed by atoms with Gasteiger partial charge in [-0.1, -0.05) is 20.8 Å². The van der Waals surface area contributed by atoms with Gasteiger partial charge in [0.2, 0.25) is 0 Å². The molecule has 0 aliphatic rings. The first kappa shape index (κ1) is 16.0. The highest BCUT2D eigenvalue weighted by molar-refractivity contribution is 9.10. The molecule has 0 saturated heterocycles. The Labute approximate surface area is 136 Å². The molecule has 0 saturated carbocycles. The molecule has 2 heterocycles. The minimum absolute atomic E-state index is 0.101. The van der Waals surface area contributed by atoms with Gasteiger partial charge in [-0.15, -0.1) is 11.3 Å². The average Bonchev–Trinajstić information content (AvgIpc) is 2.90. The van der Waals surface area contributed by atoms with Crippen molar-refractivity contribution in [2.75, 3.05) is 5.32 Å². The van der Waals surface area contributed by atoms with Gasteiger partial charge in [0.05, 0.1) is 5.69 Å². The molecule has 2 rings (SSSR count). The van der Waals surface area contributed by atoms with Crippen LogP contribution in [0.5, 0.6) is 0 Å². The smallest absolute Gasteiger partial charge is 0.196 e. The highest BCUT2D eigenvalue weighted by Crippen LogP contribution is 2.34. The summed E-state index contributed by atoms with van der Waals surface area (Å²) in [5, 5.41) is 5.61. The zero-order valence-corrected chi connectivity index (χ0v) is 14.7. The molecule has 2 aromatic rings. The van der Waals surface area contributed by atoms with Crippen molar-refractivity contribution in [1.82, 2.24) is 15.0 Å². The van der Waals surface area contributed by atoms with Crippen molar-refractivity contribution in [2.24, 2.45) is 0 Å². The number of halogens is 1. The number of Topliss-reactive ketones (excluding diaryl/α,β-unsaturated/α-hetero) is 1. The van der Waals surface area contributed by atoms with E-state index in [1.807, 2.05) is 26.2 Å². The Morgan fingerprint density at radius 3 is 2.52 bits per heavy atom. The molecular weight excluding hydrogens is 352 g/mol. The molecule has 0 aliphatic heterocycles.